The largest absolute Gasteiger partial charge is 0.435 e. The predicted molar refractivity (Wildman–Crippen MR) is 114 cm³/mol. The number of ether oxygens (including phenoxy) is 1. The van der Waals surface area contributed by atoms with Gasteiger partial charge >= 0.3 is 6.61 Å². The van der Waals surface area contributed by atoms with Crippen molar-refractivity contribution in [1.29, 1.82) is 0 Å². The van der Waals surface area contributed by atoms with Crippen LogP contribution in [0.3, 0.4) is 0 Å². The number of hydrogen-bond donors (Lipinski definition) is 1. The van der Waals surface area contributed by atoms with E-state index in [-0.39, 0.29) is 23.8 Å². The Bertz CT molecular complexity index is 1430. The standard InChI is InChI=1S/C22H16F3N7O/c23-17-3-1-2-4-18(17)32-10-14(29-30-32)9-31-11-16(19-20(26)27-12-28-21(19)31)13-5-7-15(8-6-13)33-22(24)25/h1-8,10-12,22H,9H2,(H2,26,27,28). The monoisotopic (exact) mass is 451 g/mol. The molecule has 0 aliphatic heterocycles. The zero-order chi connectivity index (χ0) is 22.9. The lowest BCUT2D eigenvalue weighted by molar-refractivity contribution is -0.0498. The summed E-state index contributed by atoms with van der Waals surface area (Å²) in [5.74, 6) is -0.0921. The van der Waals surface area contributed by atoms with E-state index < -0.39 is 12.4 Å². The topological polar surface area (TPSA) is 96.7 Å². The van der Waals surface area contributed by atoms with Crippen molar-refractivity contribution in [2.75, 3.05) is 5.73 Å². The van der Waals surface area contributed by atoms with Gasteiger partial charge in [-0.15, -0.1) is 5.10 Å². The molecule has 3 heterocycles. The lowest BCUT2D eigenvalue weighted by atomic mass is 10.1. The van der Waals surface area contributed by atoms with Crippen LogP contribution in [-0.4, -0.2) is 36.1 Å². The van der Waals surface area contributed by atoms with Crippen LogP contribution < -0.4 is 10.5 Å². The van der Waals surface area contributed by atoms with Crippen molar-refractivity contribution < 1.29 is 17.9 Å². The molecular weight excluding hydrogens is 435 g/mol. The lowest BCUT2D eigenvalue weighted by Crippen LogP contribution is -2.01. The second-order valence-corrected chi connectivity index (χ2v) is 7.14. The van der Waals surface area contributed by atoms with Gasteiger partial charge in [-0.25, -0.2) is 19.0 Å². The normalized spacial score (nSPS) is 11.4. The molecule has 0 aliphatic carbocycles. The van der Waals surface area contributed by atoms with Gasteiger partial charge in [0.05, 0.1) is 18.1 Å². The van der Waals surface area contributed by atoms with Crippen LogP contribution >= 0.6 is 0 Å². The molecule has 2 aromatic carbocycles. The van der Waals surface area contributed by atoms with Crippen molar-refractivity contribution in [3.05, 3.63) is 78.8 Å². The molecule has 5 rings (SSSR count). The third-order valence-corrected chi connectivity index (χ3v) is 5.05. The van der Waals surface area contributed by atoms with Crippen LogP contribution in [0, 0.1) is 5.82 Å². The average Bonchev–Trinajstić information content (AvgIpc) is 3.40. The quantitative estimate of drug-likeness (QED) is 0.418. The summed E-state index contributed by atoms with van der Waals surface area (Å²) in [6.45, 7) is -2.62. The van der Waals surface area contributed by atoms with Crippen LogP contribution in [0.2, 0.25) is 0 Å². The predicted octanol–water partition coefficient (Wildman–Crippen LogP) is 4.05. The average molecular weight is 451 g/mol. The number of anilines is 1. The second kappa shape index (κ2) is 8.26. The molecule has 0 saturated heterocycles. The lowest BCUT2D eigenvalue weighted by Gasteiger charge is -2.05. The molecule has 0 aliphatic rings. The van der Waals surface area contributed by atoms with Crippen LogP contribution in [0.15, 0.2) is 67.3 Å². The fourth-order valence-electron chi connectivity index (χ4n) is 3.60. The highest BCUT2D eigenvalue weighted by atomic mass is 19.3. The molecule has 0 atom stereocenters. The highest BCUT2D eigenvalue weighted by molar-refractivity contribution is 6.00. The summed E-state index contributed by atoms with van der Waals surface area (Å²) >= 11 is 0. The molecule has 33 heavy (non-hydrogen) atoms. The smallest absolute Gasteiger partial charge is 0.387 e. The molecule has 0 radical (unpaired) electrons. The first-order valence-corrected chi connectivity index (χ1v) is 9.80. The van der Waals surface area contributed by atoms with E-state index in [2.05, 4.69) is 25.0 Å². The van der Waals surface area contributed by atoms with Gasteiger partial charge in [0, 0.05) is 11.8 Å². The maximum Gasteiger partial charge on any atom is 0.387 e. The molecule has 3 aromatic heterocycles. The van der Waals surface area contributed by atoms with Crippen molar-refractivity contribution in [3.63, 3.8) is 0 Å². The Kier molecular flexibility index (Phi) is 5.13. The van der Waals surface area contributed by atoms with Gasteiger partial charge in [0.2, 0.25) is 0 Å². The van der Waals surface area contributed by atoms with Crippen molar-refractivity contribution in [1.82, 2.24) is 29.5 Å². The summed E-state index contributed by atoms with van der Waals surface area (Å²) in [6.07, 6.45) is 4.81. The van der Waals surface area contributed by atoms with Crippen molar-refractivity contribution in [2.45, 2.75) is 13.2 Å². The Morgan fingerprint density at radius 3 is 2.55 bits per heavy atom. The van der Waals surface area contributed by atoms with Gasteiger partial charge in [0.15, 0.2) is 0 Å². The van der Waals surface area contributed by atoms with Gasteiger partial charge in [0.25, 0.3) is 0 Å². The summed E-state index contributed by atoms with van der Waals surface area (Å²) < 4.78 is 46.6. The first-order chi connectivity index (χ1) is 16.0. The zero-order valence-electron chi connectivity index (χ0n) is 16.9. The number of para-hydroxylation sites is 1. The van der Waals surface area contributed by atoms with Crippen LogP contribution in [0.4, 0.5) is 19.0 Å². The molecule has 8 nitrogen and oxygen atoms in total. The molecule has 0 saturated carbocycles. The highest BCUT2D eigenvalue weighted by Gasteiger charge is 2.17. The first kappa shape index (κ1) is 20.5. The molecule has 2 N–H and O–H groups in total. The van der Waals surface area contributed by atoms with Gasteiger partial charge in [-0.2, -0.15) is 8.78 Å². The zero-order valence-corrected chi connectivity index (χ0v) is 16.9. The number of rotatable bonds is 6. The number of nitrogens with two attached hydrogens (primary N) is 1. The molecule has 0 spiro atoms. The SMILES string of the molecule is Nc1ncnc2c1c(-c1ccc(OC(F)F)cc1)cn2Cc1cn(-c2ccccc2F)nn1. The van der Waals surface area contributed by atoms with Gasteiger partial charge in [-0.05, 0) is 29.8 Å². The van der Waals surface area contributed by atoms with Gasteiger partial charge < -0.3 is 15.0 Å². The third kappa shape index (κ3) is 3.95. The number of fused-ring (bicyclic) bond motifs is 1. The Morgan fingerprint density at radius 2 is 1.79 bits per heavy atom. The number of nitrogen functional groups attached to an aromatic ring is 1. The van der Waals surface area contributed by atoms with Crippen molar-refractivity contribution in [2.24, 2.45) is 0 Å². The number of benzene rings is 2. The summed E-state index contributed by atoms with van der Waals surface area (Å²) in [5, 5.41) is 8.78. The maximum atomic E-state index is 14.1. The van der Waals surface area contributed by atoms with Crippen molar-refractivity contribution in [3.8, 4) is 22.6 Å². The van der Waals surface area contributed by atoms with E-state index in [1.807, 2.05) is 10.8 Å². The van der Waals surface area contributed by atoms with Gasteiger partial charge in [-0.3, -0.25) is 0 Å². The summed E-state index contributed by atoms with van der Waals surface area (Å²) in [6, 6.07) is 12.5. The van der Waals surface area contributed by atoms with Gasteiger partial charge in [-0.1, -0.05) is 29.5 Å². The van der Waals surface area contributed by atoms with E-state index in [1.54, 1.807) is 36.5 Å². The molecule has 5 aromatic rings. The van der Waals surface area contributed by atoms with Crippen LogP contribution in [0.25, 0.3) is 27.8 Å². The molecule has 11 heteroatoms. The number of alkyl halides is 2. The summed E-state index contributed by atoms with van der Waals surface area (Å²) in [5.41, 5.74) is 8.98. The Morgan fingerprint density at radius 1 is 1.00 bits per heavy atom. The van der Waals surface area contributed by atoms with Crippen molar-refractivity contribution >= 4 is 16.9 Å². The first-order valence-electron chi connectivity index (χ1n) is 9.80. The highest BCUT2D eigenvalue weighted by Crippen LogP contribution is 2.34. The van der Waals surface area contributed by atoms with E-state index in [4.69, 9.17) is 5.73 Å². The van der Waals surface area contributed by atoms with Crippen LogP contribution in [-0.2, 0) is 6.54 Å². The summed E-state index contributed by atoms with van der Waals surface area (Å²) in [4.78, 5) is 8.43. The molecule has 0 fully saturated rings. The Hall–Kier alpha value is -4.41. The van der Waals surface area contributed by atoms with E-state index in [1.165, 1.54) is 29.2 Å². The number of aromatic nitrogens is 6. The minimum atomic E-state index is -2.90. The molecule has 0 bridgehead atoms. The Labute approximate surface area is 185 Å². The van der Waals surface area contributed by atoms with E-state index in [0.29, 0.717) is 22.3 Å². The second-order valence-electron chi connectivity index (χ2n) is 7.14. The van der Waals surface area contributed by atoms with E-state index in [0.717, 1.165) is 5.56 Å². The molecule has 166 valence electrons. The van der Waals surface area contributed by atoms with Gasteiger partial charge in [0.1, 0.15) is 40.7 Å². The molecule has 0 amide bonds. The number of halogens is 3. The number of hydrogen-bond acceptors (Lipinski definition) is 6. The fourth-order valence-corrected chi connectivity index (χ4v) is 3.60. The van der Waals surface area contributed by atoms with E-state index in [9.17, 15) is 13.2 Å². The van der Waals surface area contributed by atoms with Crippen LogP contribution in [0.5, 0.6) is 5.75 Å². The van der Waals surface area contributed by atoms with Crippen LogP contribution in [0.1, 0.15) is 5.69 Å². The molecule has 0 unspecified atom stereocenters. The minimum absolute atomic E-state index is 0.0477. The minimum Gasteiger partial charge on any atom is -0.435 e. The van der Waals surface area contributed by atoms with E-state index >= 15 is 0 Å². The summed E-state index contributed by atoms with van der Waals surface area (Å²) in [7, 11) is 0. The number of nitrogens with zero attached hydrogens (tertiary/aromatic N) is 6. The third-order valence-electron chi connectivity index (χ3n) is 5.05. The molecular formula is C22H16F3N7O. The fraction of sp³-hybridized carbons (Fsp3) is 0.0909. The maximum absolute atomic E-state index is 14.1. The Balaban J connectivity index is 1.51.